The summed E-state index contributed by atoms with van der Waals surface area (Å²) in [5, 5.41) is 21.2. The van der Waals surface area contributed by atoms with Crippen LogP contribution in [0.4, 0.5) is 0 Å². The number of hydrogen-bond acceptors (Lipinski definition) is 6. The molecule has 0 aromatic carbocycles. The van der Waals surface area contributed by atoms with Crippen LogP contribution in [0.1, 0.15) is 41.5 Å². The van der Waals surface area contributed by atoms with Crippen LogP contribution >= 0.6 is 0 Å². The lowest BCUT2D eigenvalue weighted by Crippen LogP contribution is -2.61. The molecule has 6 heteroatoms. The van der Waals surface area contributed by atoms with Crippen molar-refractivity contribution in [3.05, 3.63) is 0 Å². The molecule has 0 aromatic heterocycles. The largest absolute Gasteiger partial charge is 0.387 e. The second-order valence-corrected chi connectivity index (χ2v) is 8.78. The fourth-order valence-corrected chi connectivity index (χ4v) is 3.23. The molecule has 8 atom stereocenters. The molecule has 0 spiro atoms. The van der Waals surface area contributed by atoms with Crippen molar-refractivity contribution >= 4 is 0 Å². The predicted molar refractivity (Wildman–Crippen MR) is 78.0 cm³/mol. The Morgan fingerprint density at radius 1 is 0.545 bits per heavy atom. The first-order chi connectivity index (χ1) is 10.00. The van der Waals surface area contributed by atoms with E-state index in [9.17, 15) is 10.2 Å². The lowest BCUT2D eigenvalue weighted by molar-refractivity contribution is -0.166. The van der Waals surface area contributed by atoms with E-state index in [0.717, 1.165) is 0 Å². The van der Waals surface area contributed by atoms with Crippen molar-refractivity contribution in [1.29, 1.82) is 0 Å². The average Bonchev–Trinajstić information content (AvgIpc) is 2.99. The first-order valence-electron chi connectivity index (χ1n) is 7.98. The monoisotopic (exact) mass is 316 g/mol. The quantitative estimate of drug-likeness (QED) is 0.695. The standard InChI is InChI=1S/C16H28O6/c1-15(2,3)13-19-9-7(17)11-12(8(18)10(9)20-13)22-14(21-11)16(4,5)6/h7-14,17-18H,1-6H3/t7-,8-,9-,10-,11-,12+,13?,14?/m0/s1. The Bertz CT molecular complexity index is 361. The average molecular weight is 316 g/mol. The number of rotatable bonds is 0. The summed E-state index contributed by atoms with van der Waals surface area (Å²) >= 11 is 0. The fraction of sp³-hybridized carbons (Fsp3) is 1.00. The van der Waals surface area contributed by atoms with Crippen LogP contribution < -0.4 is 0 Å². The van der Waals surface area contributed by atoms with Crippen molar-refractivity contribution in [3.63, 3.8) is 0 Å². The van der Waals surface area contributed by atoms with Crippen molar-refractivity contribution in [2.45, 2.75) is 90.7 Å². The summed E-state index contributed by atoms with van der Waals surface area (Å²) in [6, 6.07) is 0. The zero-order valence-electron chi connectivity index (χ0n) is 14.1. The summed E-state index contributed by atoms with van der Waals surface area (Å²) in [5.74, 6) is 0. The zero-order valence-corrected chi connectivity index (χ0v) is 14.1. The Hall–Kier alpha value is -0.240. The molecule has 2 saturated heterocycles. The molecule has 0 aromatic rings. The zero-order chi connectivity index (χ0) is 16.4. The van der Waals surface area contributed by atoms with Crippen LogP contribution in [0.5, 0.6) is 0 Å². The maximum Gasteiger partial charge on any atom is 0.163 e. The van der Waals surface area contributed by atoms with Crippen molar-refractivity contribution in [2.24, 2.45) is 10.8 Å². The third-order valence-corrected chi connectivity index (χ3v) is 4.53. The van der Waals surface area contributed by atoms with Gasteiger partial charge in [-0.1, -0.05) is 41.5 Å². The summed E-state index contributed by atoms with van der Waals surface area (Å²) in [6.45, 7) is 12.0. The first-order valence-corrected chi connectivity index (χ1v) is 7.98. The summed E-state index contributed by atoms with van der Waals surface area (Å²) in [5.41, 5.74) is -0.469. The summed E-state index contributed by atoms with van der Waals surface area (Å²) in [6.07, 6.45) is -5.07. The Balaban J connectivity index is 1.79. The third kappa shape index (κ3) is 2.60. The number of fused-ring (bicyclic) bond motifs is 2. The molecule has 2 unspecified atom stereocenters. The van der Waals surface area contributed by atoms with Gasteiger partial charge in [0.15, 0.2) is 12.6 Å². The van der Waals surface area contributed by atoms with Crippen LogP contribution in [-0.2, 0) is 18.9 Å². The molecule has 2 heterocycles. The van der Waals surface area contributed by atoms with Crippen LogP contribution in [-0.4, -0.2) is 59.4 Å². The van der Waals surface area contributed by atoms with E-state index < -0.39 is 49.2 Å². The van der Waals surface area contributed by atoms with E-state index in [1.165, 1.54) is 0 Å². The normalized spacial score (nSPS) is 49.1. The molecule has 0 amide bonds. The summed E-state index contributed by atoms with van der Waals surface area (Å²) in [4.78, 5) is 0. The lowest BCUT2D eigenvalue weighted by atomic mass is 9.85. The van der Waals surface area contributed by atoms with E-state index in [0.29, 0.717) is 0 Å². The molecule has 0 bridgehead atoms. The molecule has 0 radical (unpaired) electrons. The van der Waals surface area contributed by atoms with Crippen LogP contribution in [0.2, 0.25) is 0 Å². The van der Waals surface area contributed by atoms with E-state index in [1.807, 2.05) is 41.5 Å². The highest BCUT2D eigenvalue weighted by atomic mass is 16.8. The first kappa shape index (κ1) is 16.6. The number of aliphatic hydroxyl groups is 2. The third-order valence-electron chi connectivity index (χ3n) is 4.53. The van der Waals surface area contributed by atoms with Gasteiger partial charge in [0.05, 0.1) is 0 Å². The highest BCUT2D eigenvalue weighted by Gasteiger charge is 2.61. The molecule has 22 heavy (non-hydrogen) atoms. The van der Waals surface area contributed by atoms with E-state index in [2.05, 4.69) is 0 Å². The smallest absolute Gasteiger partial charge is 0.163 e. The van der Waals surface area contributed by atoms with E-state index in [4.69, 9.17) is 18.9 Å². The molecule has 3 aliphatic rings. The summed E-state index contributed by atoms with van der Waals surface area (Å²) in [7, 11) is 0. The Morgan fingerprint density at radius 2 is 0.773 bits per heavy atom. The van der Waals surface area contributed by atoms with Gasteiger partial charge in [-0.25, -0.2) is 0 Å². The van der Waals surface area contributed by atoms with Crippen molar-refractivity contribution in [2.75, 3.05) is 0 Å². The van der Waals surface area contributed by atoms with Gasteiger partial charge in [0.2, 0.25) is 0 Å². The van der Waals surface area contributed by atoms with Gasteiger partial charge in [0, 0.05) is 10.8 Å². The van der Waals surface area contributed by atoms with Crippen LogP contribution in [0, 0.1) is 10.8 Å². The van der Waals surface area contributed by atoms with Crippen LogP contribution in [0.25, 0.3) is 0 Å². The molecule has 3 rings (SSSR count). The number of hydrogen-bond donors (Lipinski definition) is 2. The van der Waals surface area contributed by atoms with Gasteiger partial charge >= 0.3 is 0 Å². The minimum Gasteiger partial charge on any atom is -0.387 e. The molecular weight excluding hydrogens is 288 g/mol. The minimum absolute atomic E-state index is 0.235. The lowest BCUT2D eigenvalue weighted by Gasteiger charge is -2.38. The topological polar surface area (TPSA) is 77.4 Å². The fourth-order valence-electron chi connectivity index (χ4n) is 3.23. The van der Waals surface area contributed by atoms with Gasteiger partial charge in [-0.05, 0) is 0 Å². The van der Waals surface area contributed by atoms with E-state index in [-0.39, 0.29) is 10.8 Å². The molecule has 3 fully saturated rings. The van der Waals surface area contributed by atoms with Crippen LogP contribution in [0.3, 0.4) is 0 Å². The van der Waals surface area contributed by atoms with Gasteiger partial charge in [-0.15, -0.1) is 0 Å². The molecular formula is C16H28O6. The van der Waals surface area contributed by atoms with E-state index in [1.54, 1.807) is 0 Å². The predicted octanol–water partition coefficient (Wildman–Crippen LogP) is 1.03. The van der Waals surface area contributed by atoms with E-state index >= 15 is 0 Å². The highest BCUT2D eigenvalue weighted by Crippen LogP contribution is 2.44. The second kappa shape index (κ2) is 5.13. The maximum absolute atomic E-state index is 10.6. The maximum atomic E-state index is 10.6. The molecule has 2 aliphatic heterocycles. The van der Waals surface area contributed by atoms with Gasteiger partial charge in [0.1, 0.15) is 36.6 Å². The molecule has 1 saturated carbocycles. The second-order valence-electron chi connectivity index (χ2n) is 8.78. The molecule has 1 aliphatic carbocycles. The Labute approximate surface area is 131 Å². The SMILES string of the molecule is CC(C)(C)C1O[C@@H]2[C@@H](O)[C@@H]3OC(C(C)(C)C)O[C@H]3[C@H](O)[C@@H]2O1. The molecule has 6 nitrogen and oxygen atoms in total. The van der Waals surface area contributed by atoms with Gasteiger partial charge < -0.3 is 29.2 Å². The van der Waals surface area contributed by atoms with Gasteiger partial charge in [0.25, 0.3) is 0 Å². The van der Waals surface area contributed by atoms with Crippen LogP contribution in [0.15, 0.2) is 0 Å². The van der Waals surface area contributed by atoms with Gasteiger partial charge in [-0.3, -0.25) is 0 Å². The van der Waals surface area contributed by atoms with Gasteiger partial charge in [-0.2, -0.15) is 0 Å². The number of aliphatic hydroxyl groups excluding tert-OH is 2. The molecule has 2 N–H and O–H groups in total. The van der Waals surface area contributed by atoms with Crippen molar-refractivity contribution in [3.8, 4) is 0 Å². The highest BCUT2D eigenvalue weighted by molar-refractivity contribution is 5.06. The minimum atomic E-state index is -0.877. The Kier molecular flexibility index (Phi) is 3.87. The Morgan fingerprint density at radius 3 is 0.955 bits per heavy atom. The summed E-state index contributed by atoms with van der Waals surface area (Å²) < 4.78 is 23.5. The molecule has 128 valence electrons. The number of ether oxygens (including phenoxy) is 4. The van der Waals surface area contributed by atoms with Crippen molar-refractivity contribution in [1.82, 2.24) is 0 Å². The van der Waals surface area contributed by atoms with Crippen molar-refractivity contribution < 1.29 is 29.2 Å².